The number of nitrogens with one attached hydrogen (secondary N) is 1. The Hall–Kier alpha value is -1.02. The third-order valence-electron chi connectivity index (χ3n) is 2.50. The van der Waals surface area contributed by atoms with Crippen molar-refractivity contribution in [1.82, 2.24) is 9.55 Å². The number of aliphatic carboxylic acids is 1. The molecule has 0 bridgehead atoms. The number of rotatable bonds is 5. The summed E-state index contributed by atoms with van der Waals surface area (Å²) >= 11 is 12.4. The summed E-state index contributed by atoms with van der Waals surface area (Å²) in [6.07, 6.45) is 0. The number of aliphatic hydroxyl groups excluding tert-OH is 1. The zero-order valence-electron chi connectivity index (χ0n) is 9.72. The molecule has 1 aromatic heterocycles. The molecule has 5 nitrogen and oxygen atoms in total. The van der Waals surface area contributed by atoms with Crippen LogP contribution in [0.2, 0.25) is 5.02 Å². The number of carboxylic acids is 1. The van der Waals surface area contributed by atoms with Gasteiger partial charge >= 0.3 is 5.97 Å². The Bertz CT molecular complexity index is 680. The van der Waals surface area contributed by atoms with E-state index in [9.17, 15) is 4.79 Å². The molecule has 1 heterocycles. The number of halogens is 1. The van der Waals surface area contributed by atoms with Gasteiger partial charge in [-0.2, -0.15) is 0 Å². The van der Waals surface area contributed by atoms with Crippen molar-refractivity contribution in [2.24, 2.45) is 0 Å². The molecule has 0 saturated heterocycles. The molecule has 0 aliphatic heterocycles. The summed E-state index contributed by atoms with van der Waals surface area (Å²) in [7, 11) is 0. The van der Waals surface area contributed by atoms with Crippen LogP contribution in [0.1, 0.15) is 0 Å². The fraction of sp³-hybridized carbons (Fsp3) is 0.273. The van der Waals surface area contributed by atoms with Crippen LogP contribution >= 0.6 is 35.6 Å². The van der Waals surface area contributed by atoms with E-state index in [1.165, 1.54) is 0 Å². The van der Waals surface area contributed by atoms with E-state index in [1.807, 2.05) is 0 Å². The van der Waals surface area contributed by atoms with Gasteiger partial charge in [-0.25, -0.2) is 0 Å². The molecule has 1 aromatic carbocycles. The molecule has 0 fully saturated rings. The Morgan fingerprint density at radius 1 is 1.53 bits per heavy atom. The van der Waals surface area contributed by atoms with Crippen LogP contribution in [-0.2, 0) is 11.3 Å². The Morgan fingerprint density at radius 3 is 2.89 bits per heavy atom. The van der Waals surface area contributed by atoms with Gasteiger partial charge in [-0.15, -0.1) is 11.8 Å². The smallest absolute Gasteiger partial charge is 0.313 e. The summed E-state index contributed by atoms with van der Waals surface area (Å²) in [4.78, 5) is 14.3. The molecule has 2 aromatic rings. The van der Waals surface area contributed by atoms with E-state index in [2.05, 4.69) is 4.98 Å². The van der Waals surface area contributed by atoms with Gasteiger partial charge in [-0.1, -0.05) is 11.6 Å². The molecule has 0 atom stereocenters. The number of aromatic nitrogens is 2. The van der Waals surface area contributed by atoms with Crippen LogP contribution in [0.4, 0.5) is 0 Å². The topological polar surface area (TPSA) is 78.2 Å². The first-order valence-corrected chi connectivity index (χ1v) is 7.17. The monoisotopic (exact) mass is 318 g/mol. The molecule has 8 heteroatoms. The largest absolute Gasteiger partial charge is 0.481 e. The average Bonchev–Trinajstić information content (AvgIpc) is 2.63. The van der Waals surface area contributed by atoms with Gasteiger partial charge in [0.15, 0.2) is 4.77 Å². The molecule has 3 N–H and O–H groups in total. The number of imidazole rings is 1. The maximum atomic E-state index is 10.6. The highest BCUT2D eigenvalue weighted by molar-refractivity contribution is 8.00. The van der Waals surface area contributed by atoms with Gasteiger partial charge in [0.2, 0.25) is 0 Å². The van der Waals surface area contributed by atoms with Gasteiger partial charge in [0, 0.05) is 11.4 Å². The number of hydrogen-bond acceptors (Lipinski definition) is 4. The number of aliphatic hydroxyl groups is 1. The second-order valence-corrected chi connectivity index (χ2v) is 5.60. The van der Waals surface area contributed by atoms with Crippen molar-refractivity contribution in [2.75, 3.05) is 12.4 Å². The first kappa shape index (κ1) is 14.4. The molecule has 0 unspecified atom stereocenters. The Labute approximate surface area is 123 Å². The van der Waals surface area contributed by atoms with Crippen molar-refractivity contribution in [3.63, 3.8) is 0 Å². The predicted molar refractivity (Wildman–Crippen MR) is 77.6 cm³/mol. The highest BCUT2D eigenvalue weighted by Crippen LogP contribution is 2.31. The summed E-state index contributed by atoms with van der Waals surface area (Å²) < 4.78 is 2.26. The summed E-state index contributed by atoms with van der Waals surface area (Å²) in [5.41, 5.74) is 1.57. The Kier molecular flexibility index (Phi) is 4.51. The predicted octanol–water partition coefficient (Wildman–Crippen LogP) is 2.52. The fourth-order valence-corrected chi connectivity index (χ4v) is 3.03. The van der Waals surface area contributed by atoms with Gasteiger partial charge in [0.05, 0.1) is 28.4 Å². The number of hydrogen-bond donors (Lipinski definition) is 3. The van der Waals surface area contributed by atoms with Crippen molar-refractivity contribution in [3.05, 3.63) is 21.9 Å². The molecule has 0 spiro atoms. The van der Waals surface area contributed by atoms with Gasteiger partial charge in [-0.3, -0.25) is 4.79 Å². The standard InChI is InChI=1S/C11H11ClN2O3S2/c12-6-3-7-8(4-9(6)19-5-10(16)17)14(1-2-15)11(18)13-7/h3-4,15H,1-2,5H2,(H,13,18)(H,16,17). The third-order valence-corrected chi connectivity index (χ3v) is 4.29. The number of thioether (sulfide) groups is 1. The number of aromatic amines is 1. The molecule has 19 heavy (non-hydrogen) atoms. The van der Waals surface area contributed by atoms with Crippen molar-refractivity contribution in [2.45, 2.75) is 11.4 Å². The fourth-order valence-electron chi connectivity index (χ4n) is 1.73. The first-order valence-electron chi connectivity index (χ1n) is 5.40. The zero-order valence-corrected chi connectivity index (χ0v) is 12.1. The summed E-state index contributed by atoms with van der Waals surface area (Å²) in [5.74, 6) is -0.960. The van der Waals surface area contributed by atoms with Crippen LogP contribution in [0.25, 0.3) is 11.0 Å². The van der Waals surface area contributed by atoms with Crippen molar-refractivity contribution in [3.8, 4) is 0 Å². The minimum Gasteiger partial charge on any atom is -0.481 e. The number of H-pyrrole nitrogens is 1. The molecule has 0 amide bonds. The van der Waals surface area contributed by atoms with E-state index in [0.29, 0.717) is 21.2 Å². The molecule has 102 valence electrons. The minimum atomic E-state index is -0.901. The van der Waals surface area contributed by atoms with E-state index >= 15 is 0 Å². The Balaban J connectivity index is 2.49. The number of fused-ring (bicyclic) bond motifs is 1. The van der Waals surface area contributed by atoms with E-state index < -0.39 is 5.97 Å². The van der Waals surface area contributed by atoms with E-state index in [0.717, 1.165) is 22.8 Å². The minimum absolute atomic E-state index is 0.0263. The van der Waals surface area contributed by atoms with E-state index in [1.54, 1.807) is 16.7 Å². The highest BCUT2D eigenvalue weighted by atomic mass is 35.5. The van der Waals surface area contributed by atoms with Crippen molar-refractivity contribution < 1.29 is 15.0 Å². The molecular weight excluding hydrogens is 308 g/mol. The SMILES string of the molecule is O=C(O)CSc1cc2c(cc1Cl)[nH]c(=S)n2CCO. The molecule has 2 rings (SSSR count). The van der Waals surface area contributed by atoms with Crippen molar-refractivity contribution >= 4 is 52.6 Å². The lowest BCUT2D eigenvalue weighted by Crippen LogP contribution is -2.02. The van der Waals surface area contributed by atoms with Crippen LogP contribution in [0.5, 0.6) is 0 Å². The number of benzene rings is 1. The lowest BCUT2D eigenvalue weighted by Gasteiger charge is -2.05. The normalized spacial score (nSPS) is 11.1. The van der Waals surface area contributed by atoms with Gasteiger partial charge in [0.25, 0.3) is 0 Å². The molecule has 0 aliphatic rings. The van der Waals surface area contributed by atoms with Crippen LogP contribution in [0.3, 0.4) is 0 Å². The highest BCUT2D eigenvalue weighted by Gasteiger charge is 2.10. The number of nitrogens with zero attached hydrogens (tertiary/aromatic N) is 1. The summed E-state index contributed by atoms with van der Waals surface area (Å²) in [6.45, 7) is 0.352. The average molecular weight is 319 g/mol. The first-order chi connectivity index (χ1) is 9.02. The van der Waals surface area contributed by atoms with Crippen LogP contribution in [-0.4, -0.2) is 38.1 Å². The van der Waals surface area contributed by atoms with Crippen LogP contribution in [0, 0.1) is 4.77 Å². The van der Waals surface area contributed by atoms with Gasteiger partial charge in [0.1, 0.15) is 0 Å². The van der Waals surface area contributed by atoms with Crippen LogP contribution in [0.15, 0.2) is 17.0 Å². The lowest BCUT2D eigenvalue weighted by molar-refractivity contribution is -0.133. The van der Waals surface area contributed by atoms with Gasteiger partial charge < -0.3 is 19.8 Å². The quantitative estimate of drug-likeness (QED) is 0.583. The number of carbonyl (C=O) groups is 1. The van der Waals surface area contributed by atoms with Crippen molar-refractivity contribution in [1.29, 1.82) is 0 Å². The Morgan fingerprint density at radius 2 is 2.26 bits per heavy atom. The molecule has 0 aliphatic carbocycles. The number of carboxylic acid groups (broad SMARTS) is 1. The second-order valence-electron chi connectivity index (χ2n) is 3.79. The third kappa shape index (κ3) is 3.11. The molecule has 0 radical (unpaired) electrons. The van der Waals surface area contributed by atoms with E-state index in [-0.39, 0.29) is 12.4 Å². The molecule has 0 saturated carbocycles. The summed E-state index contributed by atoms with van der Waals surface area (Å²) in [5, 5.41) is 18.2. The summed E-state index contributed by atoms with van der Waals surface area (Å²) in [6, 6.07) is 3.50. The van der Waals surface area contributed by atoms with Gasteiger partial charge in [-0.05, 0) is 24.4 Å². The van der Waals surface area contributed by atoms with E-state index in [4.69, 9.17) is 34.0 Å². The molecular formula is C11H11ClN2O3S2. The maximum Gasteiger partial charge on any atom is 0.313 e. The maximum absolute atomic E-state index is 10.6. The van der Waals surface area contributed by atoms with Crippen LogP contribution < -0.4 is 0 Å². The zero-order chi connectivity index (χ0) is 14.0. The second kappa shape index (κ2) is 5.96. The lowest BCUT2D eigenvalue weighted by atomic mass is 10.3.